The van der Waals surface area contributed by atoms with E-state index in [1.165, 1.54) is 35.1 Å². The minimum absolute atomic E-state index is 1.19. The Morgan fingerprint density at radius 3 is 2.43 bits per heavy atom. The first-order chi connectivity index (χ1) is 6.79. The normalized spacial score (nSPS) is 16.9. The Bertz CT molecular complexity index is 380. The quantitative estimate of drug-likeness (QED) is 0.613. The molecule has 0 spiro atoms. The minimum Gasteiger partial charge on any atom is -0.0810 e. The van der Waals surface area contributed by atoms with Gasteiger partial charge in [0.2, 0.25) is 0 Å². The van der Waals surface area contributed by atoms with E-state index in [1.54, 1.807) is 0 Å². The number of allylic oxidation sites excluding steroid dienone is 4. The van der Waals surface area contributed by atoms with Gasteiger partial charge in [0.15, 0.2) is 0 Å². The summed E-state index contributed by atoms with van der Waals surface area (Å²) in [6.45, 7) is 4.44. The summed E-state index contributed by atoms with van der Waals surface area (Å²) in [6, 6.07) is 10.7. The van der Waals surface area contributed by atoms with Crippen molar-refractivity contribution >= 4 is 5.57 Å². The van der Waals surface area contributed by atoms with Gasteiger partial charge in [0.25, 0.3) is 0 Å². The third-order valence-electron chi connectivity index (χ3n) is 3.01. The van der Waals surface area contributed by atoms with Crippen LogP contribution in [0.2, 0.25) is 0 Å². The maximum atomic E-state index is 2.34. The van der Waals surface area contributed by atoms with Crippen LogP contribution < -0.4 is 0 Å². The molecule has 1 aromatic carbocycles. The first-order valence-electron chi connectivity index (χ1n) is 5.21. The lowest BCUT2D eigenvalue weighted by Gasteiger charge is -2.17. The predicted molar refractivity (Wildman–Crippen MR) is 62.0 cm³/mol. The van der Waals surface area contributed by atoms with Crippen molar-refractivity contribution in [2.45, 2.75) is 26.7 Å². The summed E-state index contributed by atoms with van der Waals surface area (Å²) in [6.07, 6.45) is 4.71. The van der Waals surface area contributed by atoms with Crippen LogP contribution in [-0.4, -0.2) is 0 Å². The van der Waals surface area contributed by atoms with E-state index < -0.39 is 0 Å². The Hall–Kier alpha value is -1.30. The van der Waals surface area contributed by atoms with Crippen molar-refractivity contribution in [1.82, 2.24) is 0 Å². The molecule has 0 unspecified atom stereocenters. The van der Waals surface area contributed by atoms with Crippen molar-refractivity contribution in [3.63, 3.8) is 0 Å². The number of hydrogen-bond acceptors (Lipinski definition) is 0. The molecule has 0 saturated heterocycles. The number of benzene rings is 1. The lowest BCUT2D eigenvalue weighted by Crippen LogP contribution is -1.96. The zero-order valence-electron chi connectivity index (χ0n) is 8.88. The molecule has 0 radical (unpaired) electrons. The van der Waals surface area contributed by atoms with E-state index in [1.807, 2.05) is 0 Å². The van der Waals surface area contributed by atoms with Gasteiger partial charge in [0.05, 0.1) is 0 Å². The molecule has 1 aliphatic carbocycles. The third kappa shape index (κ3) is 1.65. The Balaban J connectivity index is 2.44. The van der Waals surface area contributed by atoms with Crippen molar-refractivity contribution in [2.24, 2.45) is 0 Å². The standard InChI is InChI=1S/C14H16/c1-11-7-6-10-14(12(11)2)13-8-4-3-5-9-13/h3-5,7-9H,6,10H2,1-2H3. The SMILES string of the molecule is CC1=CCCC(c2ccccc2)=C1C. The molecule has 0 atom stereocenters. The second-order valence-electron chi connectivity index (χ2n) is 3.90. The van der Waals surface area contributed by atoms with Crippen LogP contribution in [0, 0.1) is 0 Å². The van der Waals surface area contributed by atoms with E-state index in [4.69, 9.17) is 0 Å². The Labute approximate surface area is 86.0 Å². The lowest BCUT2D eigenvalue weighted by molar-refractivity contribution is 1.01. The molecule has 0 fully saturated rings. The molecule has 0 nitrogen and oxygen atoms in total. The van der Waals surface area contributed by atoms with Crippen LogP contribution in [0.25, 0.3) is 5.57 Å². The van der Waals surface area contributed by atoms with Crippen LogP contribution in [0.1, 0.15) is 32.3 Å². The van der Waals surface area contributed by atoms with E-state index in [0.29, 0.717) is 0 Å². The molecule has 72 valence electrons. The molecule has 0 aliphatic heterocycles. The maximum absolute atomic E-state index is 2.34. The van der Waals surface area contributed by atoms with Gasteiger partial charge in [-0.15, -0.1) is 0 Å². The highest BCUT2D eigenvalue weighted by Crippen LogP contribution is 2.31. The summed E-state index contributed by atoms with van der Waals surface area (Å²) in [5.74, 6) is 0. The fraction of sp³-hybridized carbons (Fsp3) is 0.286. The van der Waals surface area contributed by atoms with Crippen LogP contribution >= 0.6 is 0 Å². The number of rotatable bonds is 1. The van der Waals surface area contributed by atoms with Gasteiger partial charge >= 0.3 is 0 Å². The van der Waals surface area contributed by atoms with Gasteiger partial charge < -0.3 is 0 Å². The van der Waals surface area contributed by atoms with E-state index in [9.17, 15) is 0 Å². The smallest absolute Gasteiger partial charge is 0.0222 e. The molecule has 0 bridgehead atoms. The molecule has 0 amide bonds. The van der Waals surface area contributed by atoms with E-state index in [0.717, 1.165) is 0 Å². The summed E-state index contributed by atoms with van der Waals surface area (Å²) >= 11 is 0. The average Bonchev–Trinajstić information content (AvgIpc) is 2.23. The molecule has 14 heavy (non-hydrogen) atoms. The summed E-state index contributed by atoms with van der Waals surface area (Å²) < 4.78 is 0. The van der Waals surface area contributed by atoms with Gasteiger partial charge in [-0.25, -0.2) is 0 Å². The van der Waals surface area contributed by atoms with Gasteiger partial charge in [-0.1, -0.05) is 42.0 Å². The van der Waals surface area contributed by atoms with Crippen LogP contribution in [0.3, 0.4) is 0 Å². The van der Waals surface area contributed by atoms with Crippen molar-refractivity contribution in [2.75, 3.05) is 0 Å². The van der Waals surface area contributed by atoms with Gasteiger partial charge in [0.1, 0.15) is 0 Å². The maximum Gasteiger partial charge on any atom is -0.0222 e. The highest BCUT2D eigenvalue weighted by Gasteiger charge is 2.10. The lowest BCUT2D eigenvalue weighted by atomic mass is 9.88. The van der Waals surface area contributed by atoms with Gasteiger partial charge in [-0.3, -0.25) is 0 Å². The first kappa shape index (κ1) is 9.26. The van der Waals surface area contributed by atoms with Crippen molar-refractivity contribution in [3.8, 4) is 0 Å². The van der Waals surface area contributed by atoms with Gasteiger partial charge in [-0.05, 0) is 43.4 Å². The molecule has 0 heterocycles. The summed E-state index contributed by atoms with van der Waals surface area (Å²) in [4.78, 5) is 0. The second kappa shape index (κ2) is 3.83. The molecular weight excluding hydrogens is 168 g/mol. The van der Waals surface area contributed by atoms with Crippen LogP contribution in [0.5, 0.6) is 0 Å². The fourth-order valence-corrected chi connectivity index (χ4v) is 2.01. The van der Waals surface area contributed by atoms with Crippen LogP contribution in [0.15, 0.2) is 47.6 Å². The van der Waals surface area contributed by atoms with Gasteiger partial charge in [0, 0.05) is 0 Å². The highest BCUT2D eigenvalue weighted by atomic mass is 14.1. The monoisotopic (exact) mass is 184 g/mol. The third-order valence-corrected chi connectivity index (χ3v) is 3.01. The Kier molecular flexibility index (Phi) is 2.53. The zero-order chi connectivity index (χ0) is 9.97. The molecule has 1 aromatic rings. The first-order valence-corrected chi connectivity index (χ1v) is 5.21. The van der Waals surface area contributed by atoms with Crippen LogP contribution in [-0.2, 0) is 0 Å². The highest BCUT2D eigenvalue weighted by molar-refractivity contribution is 5.73. The minimum atomic E-state index is 1.19. The van der Waals surface area contributed by atoms with Crippen molar-refractivity contribution in [1.29, 1.82) is 0 Å². The summed E-state index contributed by atoms with van der Waals surface area (Å²) in [5, 5.41) is 0. The summed E-state index contributed by atoms with van der Waals surface area (Å²) in [5.41, 5.74) is 5.81. The fourth-order valence-electron chi connectivity index (χ4n) is 2.01. The zero-order valence-corrected chi connectivity index (χ0v) is 8.88. The molecule has 0 aromatic heterocycles. The van der Waals surface area contributed by atoms with Gasteiger partial charge in [-0.2, -0.15) is 0 Å². The molecule has 0 heteroatoms. The molecular formula is C14H16. The molecule has 0 N–H and O–H groups in total. The predicted octanol–water partition coefficient (Wildman–Crippen LogP) is 4.20. The van der Waals surface area contributed by atoms with E-state index in [2.05, 4.69) is 50.3 Å². The molecule has 2 rings (SSSR count). The van der Waals surface area contributed by atoms with Crippen molar-refractivity contribution in [3.05, 3.63) is 53.1 Å². The van der Waals surface area contributed by atoms with E-state index >= 15 is 0 Å². The van der Waals surface area contributed by atoms with E-state index in [-0.39, 0.29) is 0 Å². The Morgan fingerprint density at radius 2 is 1.71 bits per heavy atom. The van der Waals surface area contributed by atoms with Crippen LogP contribution in [0.4, 0.5) is 0 Å². The topological polar surface area (TPSA) is 0 Å². The molecule has 1 aliphatic rings. The average molecular weight is 184 g/mol. The van der Waals surface area contributed by atoms with Crippen molar-refractivity contribution < 1.29 is 0 Å². The molecule has 0 saturated carbocycles. The number of hydrogen-bond donors (Lipinski definition) is 0. The second-order valence-corrected chi connectivity index (χ2v) is 3.90. The summed E-state index contributed by atoms with van der Waals surface area (Å²) in [7, 11) is 0. The Morgan fingerprint density at radius 1 is 1.00 bits per heavy atom. The largest absolute Gasteiger partial charge is 0.0810 e.